The molecule has 0 bridgehead atoms. The van der Waals surface area contributed by atoms with E-state index in [4.69, 9.17) is 10.9 Å². The topological polar surface area (TPSA) is 70.6 Å². The van der Waals surface area contributed by atoms with Crippen molar-refractivity contribution in [2.24, 2.45) is 22.7 Å². The first-order chi connectivity index (χ1) is 10.2. The molecule has 0 radical (unpaired) electrons. The lowest BCUT2D eigenvalue weighted by atomic mass is 9.81. The lowest BCUT2D eigenvalue weighted by Crippen LogP contribution is -2.27. The van der Waals surface area contributed by atoms with Crippen LogP contribution < -0.4 is 11.1 Å². The molecule has 4 nitrogen and oxygen atoms in total. The fourth-order valence-corrected chi connectivity index (χ4v) is 3.23. The van der Waals surface area contributed by atoms with Gasteiger partial charge in [0.1, 0.15) is 0 Å². The molecule has 0 unspecified atom stereocenters. The van der Waals surface area contributed by atoms with Crippen LogP contribution in [0.1, 0.15) is 50.2 Å². The third kappa shape index (κ3) is 4.46. The van der Waals surface area contributed by atoms with Crippen LogP contribution in [0.2, 0.25) is 0 Å². The Bertz CT molecular complexity index is 465. The molecule has 0 spiro atoms. The van der Waals surface area contributed by atoms with Crippen LogP contribution >= 0.6 is 0 Å². The quantitative estimate of drug-likeness (QED) is 0.326. The summed E-state index contributed by atoms with van der Waals surface area (Å²) in [5, 5.41) is 15.5. The zero-order chi connectivity index (χ0) is 15.1. The van der Waals surface area contributed by atoms with E-state index in [1.165, 1.54) is 32.1 Å². The van der Waals surface area contributed by atoms with Crippen molar-refractivity contribution in [1.82, 2.24) is 5.32 Å². The summed E-state index contributed by atoms with van der Waals surface area (Å²) < 4.78 is 0. The van der Waals surface area contributed by atoms with Crippen molar-refractivity contribution in [2.45, 2.75) is 45.6 Å². The smallest absolute Gasteiger partial charge is 0.170 e. The van der Waals surface area contributed by atoms with Crippen molar-refractivity contribution < 1.29 is 5.21 Å². The average Bonchev–Trinajstić information content (AvgIpc) is 2.55. The summed E-state index contributed by atoms with van der Waals surface area (Å²) in [7, 11) is 0. The summed E-state index contributed by atoms with van der Waals surface area (Å²) in [5.41, 5.74) is 7.60. The molecular weight excluding hydrogens is 262 g/mol. The minimum Gasteiger partial charge on any atom is -0.409 e. The zero-order valence-electron chi connectivity index (χ0n) is 12.9. The summed E-state index contributed by atoms with van der Waals surface area (Å²) in [6.45, 7) is 4.12. The second kappa shape index (κ2) is 8.03. The van der Waals surface area contributed by atoms with Crippen LogP contribution in [-0.2, 0) is 6.54 Å². The number of nitrogens with one attached hydrogen (secondary N) is 1. The summed E-state index contributed by atoms with van der Waals surface area (Å²) >= 11 is 0. The molecule has 4 N–H and O–H groups in total. The molecule has 0 amide bonds. The second-order valence-electron chi connectivity index (χ2n) is 6.07. The minimum atomic E-state index is 0.177. The van der Waals surface area contributed by atoms with E-state index in [1.54, 1.807) is 0 Å². The van der Waals surface area contributed by atoms with Crippen LogP contribution in [-0.4, -0.2) is 17.6 Å². The molecule has 116 valence electrons. The van der Waals surface area contributed by atoms with Gasteiger partial charge in [-0.05, 0) is 36.8 Å². The minimum absolute atomic E-state index is 0.177. The van der Waals surface area contributed by atoms with Crippen molar-refractivity contribution in [1.29, 1.82) is 0 Å². The van der Waals surface area contributed by atoms with E-state index in [2.05, 4.69) is 17.4 Å². The number of benzene rings is 1. The fraction of sp³-hybridized carbons (Fsp3) is 0.588. The van der Waals surface area contributed by atoms with E-state index in [0.717, 1.165) is 36.1 Å². The van der Waals surface area contributed by atoms with Gasteiger partial charge in [-0.1, -0.05) is 55.6 Å². The van der Waals surface area contributed by atoms with Gasteiger partial charge >= 0.3 is 0 Å². The largest absolute Gasteiger partial charge is 0.409 e. The van der Waals surface area contributed by atoms with E-state index in [0.29, 0.717) is 0 Å². The molecular formula is C17H27N3O. The van der Waals surface area contributed by atoms with Crippen LogP contribution in [0.5, 0.6) is 0 Å². The van der Waals surface area contributed by atoms with Gasteiger partial charge < -0.3 is 16.3 Å². The number of hydrogen-bond donors (Lipinski definition) is 3. The molecule has 0 aliphatic heterocycles. The van der Waals surface area contributed by atoms with Crippen molar-refractivity contribution in [3.63, 3.8) is 0 Å². The van der Waals surface area contributed by atoms with Crippen LogP contribution in [0.25, 0.3) is 0 Å². The Morgan fingerprint density at radius 2 is 1.90 bits per heavy atom. The highest BCUT2D eigenvalue weighted by Gasteiger charge is 2.19. The Hall–Kier alpha value is -1.55. The maximum atomic E-state index is 8.83. The van der Waals surface area contributed by atoms with Gasteiger partial charge in [0.05, 0.1) is 0 Å². The third-order valence-electron chi connectivity index (χ3n) is 4.69. The molecule has 1 fully saturated rings. The zero-order valence-corrected chi connectivity index (χ0v) is 12.9. The predicted octanol–water partition coefficient (Wildman–Crippen LogP) is 3.09. The molecule has 4 heteroatoms. The number of rotatable bonds is 6. The van der Waals surface area contributed by atoms with Gasteiger partial charge in [-0.25, -0.2) is 0 Å². The normalized spacial score (nSPS) is 23.2. The maximum absolute atomic E-state index is 8.83. The summed E-state index contributed by atoms with van der Waals surface area (Å²) in [6, 6.07) is 7.80. The number of amidine groups is 1. The predicted molar refractivity (Wildman–Crippen MR) is 86.4 cm³/mol. The van der Waals surface area contributed by atoms with Crippen LogP contribution in [0.4, 0.5) is 0 Å². The lowest BCUT2D eigenvalue weighted by Gasteiger charge is -2.28. The Labute approximate surface area is 127 Å². The van der Waals surface area contributed by atoms with E-state index >= 15 is 0 Å². The molecule has 2 rings (SSSR count). The van der Waals surface area contributed by atoms with Gasteiger partial charge in [0.25, 0.3) is 0 Å². The van der Waals surface area contributed by atoms with Crippen molar-refractivity contribution in [2.75, 3.05) is 6.54 Å². The maximum Gasteiger partial charge on any atom is 0.170 e. The highest BCUT2D eigenvalue weighted by molar-refractivity contribution is 5.98. The van der Waals surface area contributed by atoms with Gasteiger partial charge in [0, 0.05) is 12.1 Å². The molecule has 0 saturated heterocycles. The van der Waals surface area contributed by atoms with Gasteiger partial charge in [-0.15, -0.1) is 0 Å². The number of nitrogens with two attached hydrogens (primary N) is 1. The Morgan fingerprint density at radius 1 is 1.24 bits per heavy atom. The summed E-state index contributed by atoms with van der Waals surface area (Å²) in [5.74, 6) is 1.92. The first-order valence-electron chi connectivity index (χ1n) is 8.01. The molecule has 0 aromatic heterocycles. The van der Waals surface area contributed by atoms with E-state index in [-0.39, 0.29) is 5.84 Å². The van der Waals surface area contributed by atoms with Crippen LogP contribution in [0.3, 0.4) is 0 Å². The molecule has 21 heavy (non-hydrogen) atoms. The van der Waals surface area contributed by atoms with E-state index in [9.17, 15) is 0 Å². The Morgan fingerprint density at radius 3 is 2.57 bits per heavy atom. The summed E-state index contributed by atoms with van der Waals surface area (Å²) in [4.78, 5) is 0. The standard InChI is InChI=1S/C17H27N3O/c1-2-13-7-9-14(10-8-13)11-19-12-15-5-3-4-6-16(15)17(18)20-21/h3-6,13-14,19,21H,2,7-12H2,1H3,(H2,18,20). The SMILES string of the molecule is CCC1CCC(CNCc2ccccc2C(N)=NO)CC1. The lowest BCUT2D eigenvalue weighted by molar-refractivity contribution is 0.262. The molecule has 1 saturated carbocycles. The van der Waals surface area contributed by atoms with Gasteiger partial charge in [-0.2, -0.15) is 0 Å². The molecule has 1 aliphatic carbocycles. The first kappa shape index (κ1) is 15.8. The Kier molecular flexibility index (Phi) is 6.05. The molecule has 1 aromatic carbocycles. The molecule has 0 atom stereocenters. The number of hydrogen-bond acceptors (Lipinski definition) is 3. The number of nitrogens with zero attached hydrogens (tertiary/aromatic N) is 1. The van der Waals surface area contributed by atoms with Gasteiger partial charge in [0.15, 0.2) is 5.84 Å². The van der Waals surface area contributed by atoms with Crippen molar-refractivity contribution in [3.05, 3.63) is 35.4 Å². The molecule has 0 heterocycles. The third-order valence-corrected chi connectivity index (χ3v) is 4.69. The highest BCUT2D eigenvalue weighted by atomic mass is 16.4. The molecule has 1 aromatic rings. The van der Waals surface area contributed by atoms with E-state index < -0.39 is 0 Å². The van der Waals surface area contributed by atoms with Crippen molar-refractivity contribution in [3.8, 4) is 0 Å². The number of oxime groups is 1. The van der Waals surface area contributed by atoms with Gasteiger partial charge in [-0.3, -0.25) is 0 Å². The average molecular weight is 289 g/mol. The van der Waals surface area contributed by atoms with E-state index in [1.807, 2.05) is 24.3 Å². The van der Waals surface area contributed by atoms with Crippen molar-refractivity contribution >= 4 is 5.84 Å². The Balaban J connectivity index is 1.82. The first-order valence-corrected chi connectivity index (χ1v) is 8.01. The highest BCUT2D eigenvalue weighted by Crippen LogP contribution is 2.30. The van der Waals surface area contributed by atoms with Crippen LogP contribution in [0, 0.1) is 11.8 Å². The van der Waals surface area contributed by atoms with Crippen LogP contribution in [0.15, 0.2) is 29.4 Å². The van der Waals surface area contributed by atoms with Gasteiger partial charge in [0.2, 0.25) is 0 Å². The fourth-order valence-electron chi connectivity index (χ4n) is 3.23. The second-order valence-corrected chi connectivity index (χ2v) is 6.07. The monoisotopic (exact) mass is 289 g/mol. The molecule has 1 aliphatic rings. The summed E-state index contributed by atoms with van der Waals surface area (Å²) in [6.07, 6.45) is 6.77.